The Bertz CT molecular complexity index is 1890. The summed E-state index contributed by atoms with van der Waals surface area (Å²) >= 11 is 0. The lowest BCUT2D eigenvalue weighted by Gasteiger charge is -2.27. The predicted molar refractivity (Wildman–Crippen MR) is 187 cm³/mol. The number of aromatic nitrogens is 5. The molecule has 1 unspecified atom stereocenters. The Labute approximate surface area is 282 Å². The minimum absolute atomic E-state index is 0.0130. The van der Waals surface area contributed by atoms with Gasteiger partial charge in [-0.1, -0.05) is 111 Å². The normalized spacial score (nSPS) is 12.7. The zero-order chi connectivity index (χ0) is 34.1. The molecule has 2 heterocycles. The molecule has 48 heavy (non-hydrogen) atoms. The Balaban J connectivity index is 1.53. The molecule has 11 nitrogen and oxygen atoms in total. The Morgan fingerprint density at radius 2 is 1.48 bits per heavy atom. The maximum absolute atomic E-state index is 13.9. The largest absolute Gasteiger partial charge is 0.483 e. The maximum atomic E-state index is 13.9. The summed E-state index contributed by atoms with van der Waals surface area (Å²) in [5.41, 5.74) is 2.10. The number of hydrogen-bond donors (Lipinski definition) is 0. The first-order valence-electron chi connectivity index (χ1n) is 15.7. The fraction of sp³-hybridized carbons (Fsp3) is 0.314. The first-order valence-corrected chi connectivity index (χ1v) is 21.2. The molecule has 0 aliphatic heterocycles. The van der Waals surface area contributed by atoms with Gasteiger partial charge in [0.25, 0.3) is 15.5 Å². The number of hydrogen-bond acceptors (Lipinski definition) is 9. The van der Waals surface area contributed by atoms with Crippen LogP contribution in [0.15, 0.2) is 108 Å². The molecular formula is C35H41N5O6SSi. The highest BCUT2D eigenvalue weighted by Crippen LogP contribution is 2.32. The van der Waals surface area contributed by atoms with Crippen molar-refractivity contribution in [3.05, 3.63) is 130 Å². The molecule has 13 heteroatoms. The summed E-state index contributed by atoms with van der Waals surface area (Å²) in [6.07, 6.45) is 2.90. The Kier molecular flexibility index (Phi) is 11.4. The molecule has 2 aromatic heterocycles. The second kappa shape index (κ2) is 15.6. The molecule has 0 saturated heterocycles. The third kappa shape index (κ3) is 9.80. The van der Waals surface area contributed by atoms with Gasteiger partial charge in [-0.25, -0.2) is 14.3 Å². The smallest absolute Gasteiger partial charge is 0.264 e. The van der Waals surface area contributed by atoms with Crippen molar-refractivity contribution >= 4 is 18.2 Å². The number of rotatable bonds is 16. The molecule has 0 radical (unpaired) electrons. The van der Waals surface area contributed by atoms with Crippen molar-refractivity contribution in [2.24, 2.45) is 0 Å². The highest BCUT2D eigenvalue weighted by atomic mass is 32.2. The van der Waals surface area contributed by atoms with Crippen molar-refractivity contribution in [2.75, 3.05) is 12.9 Å². The van der Waals surface area contributed by atoms with E-state index in [-0.39, 0.29) is 37.2 Å². The van der Waals surface area contributed by atoms with Gasteiger partial charge in [0.1, 0.15) is 25.8 Å². The topological polar surface area (TPSA) is 127 Å². The first-order chi connectivity index (χ1) is 23.0. The zero-order valence-electron chi connectivity index (χ0n) is 27.6. The molecule has 0 saturated carbocycles. The van der Waals surface area contributed by atoms with E-state index in [2.05, 4.69) is 34.8 Å². The molecule has 0 fully saturated rings. The van der Waals surface area contributed by atoms with E-state index in [1.54, 1.807) is 0 Å². The van der Waals surface area contributed by atoms with Crippen LogP contribution < -0.4 is 10.2 Å². The van der Waals surface area contributed by atoms with Crippen molar-refractivity contribution in [1.82, 2.24) is 24.5 Å². The van der Waals surface area contributed by atoms with Gasteiger partial charge in [0.15, 0.2) is 17.3 Å². The second-order valence-electron chi connectivity index (χ2n) is 12.7. The van der Waals surface area contributed by atoms with Gasteiger partial charge in [0.2, 0.25) is 0 Å². The molecule has 0 N–H and O–H groups in total. The molecule has 0 spiro atoms. The van der Waals surface area contributed by atoms with Gasteiger partial charge in [-0.15, -0.1) is 0 Å². The van der Waals surface area contributed by atoms with Crippen molar-refractivity contribution in [3.63, 3.8) is 0 Å². The quantitative estimate of drug-likeness (QED) is 0.0743. The standard InChI is InChI=1S/C35H41N5O6SSi/c1-47(42,43)46-30(32(28-16-10-6-11-17-28)29-18-12-7-13-19-29)23-40-35(36-25-37-40)33-34(41)31(45-24-27-14-8-5-9-15-27)22-39(38-33)26-44-20-21-48(2,3)4/h5-19,22,25,30,32H,20-21,23-24,26H2,1-4H3. The van der Waals surface area contributed by atoms with Crippen molar-refractivity contribution < 1.29 is 22.1 Å². The average molecular weight is 688 g/mol. The van der Waals surface area contributed by atoms with Crippen molar-refractivity contribution in [3.8, 4) is 17.3 Å². The van der Waals surface area contributed by atoms with Crippen LogP contribution >= 0.6 is 0 Å². The zero-order valence-corrected chi connectivity index (χ0v) is 29.4. The Morgan fingerprint density at radius 1 is 0.875 bits per heavy atom. The van der Waals surface area contributed by atoms with Crippen LogP contribution in [0, 0.1) is 0 Å². The molecule has 3 aromatic carbocycles. The minimum Gasteiger partial charge on any atom is -0.483 e. The lowest BCUT2D eigenvalue weighted by Crippen LogP contribution is -2.32. The van der Waals surface area contributed by atoms with Crippen LogP contribution in [0.1, 0.15) is 22.6 Å². The molecule has 0 aliphatic carbocycles. The molecule has 5 aromatic rings. The lowest BCUT2D eigenvalue weighted by molar-refractivity contribution is 0.0766. The second-order valence-corrected chi connectivity index (χ2v) is 20.0. The SMILES string of the molecule is C[Si](C)(C)CCOCn1cc(OCc2ccccc2)c(=O)c(-c2ncnn2CC(OS(C)(=O)=O)C(c2ccccc2)c2ccccc2)n1. The van der Waals surface area contributed by atoms with E-state index in [1.165, 1.54) is 21.9 Å². The Hall–Kier alpha value is -4.43. The molecule has 0 amide bonds. The van der Waals surface area contributed by atoms with Gasteiger partial charge >= 0.3 is 0 Å². The van der Waals surface area contributed by atoms with Crippen molar-refractivity contribution in [1.29, 1.82) is 0 Å². The summed E-state index contributed by atoms with van der Waals surface area (Å²) in [4.78, 5) is 18.3. The number of ether oxygens (including phenoxy) is 2. The van der Waals surface area contributed by atoms with Crippen LogP contribution in [0.4, 0.5) is 0 Å². The highest BCUT2D eigenvalue weighted by molar-refractivity contribution is 7.86. The van der Waals surface area contributed by atoms with E-state index in [4.69, 9.17) is 13.7 Å². The van der Waals surface area contributed by atoms with Gasteiger partial charge in [-0.3, -0.25) is 8.98 Å². The number of nitrogens with zero attached hydrogens (tertiary/aromatic N) is 5. The van der Waals surface area contributed by atoms with Crippen LogP contribution in [0.2, 0.25) is 25.7 Å². The molecule has 0 bridgehead atoms. The molecule has 0 aliphatic rings. The minimum atomic E-state index is -3.92. The monoisotopic (exact) mass is 687 g/mol. The third-order valence-corrected chi connectivity index (χ3v) is 9.86. The molecule has 252 valence electrons. The molecule has 5 rings (SSSR count). The summed E-state index contributed by atoms with van der Waals surface area (Å²) < 4.78 is 46.0. The summed E-state index contributed by atoms with van der Waals surface area (Å²) in [6.45, 7) is 7.58. The van der Waals surface area contributed by atoms with E-state index in [1.807, 2.05) is 91.0 Å². The van der Waals surface area contributed by atoms with E-state index in [9.17, 15) is 13.2 Å². The Morgan fingerprint density at radius 3 is 2.06 bits per heavy atom. The third-order valence-electron chi connectivity index (χ3n) is 7.56. The molecule has 1 atom stereocenters. The summed E-state index contributed by atoms with van der Waals surface area (Å²) in [5, 5.41) is 9.00. The predicted octanol–water partition coefficient (Wildman–Crippen LogP) is 5.57. The fourth-order valence-electron chi connectivity index (χ4n) is 5.21. The van der Waals surface area contributed by atoms with E-state index >= 15 is 0 Å². The number of benzene rings is 3. The highest BCUT2D eigenvalue weighted by Gasteiger charge is 2.31. The van der Waals surface area contributed by atoms with E-state index < -0.39 is 35.6 Å². The van der Waals surface area contributed by atoms with Gasteiger partial charge < -0.3 is 9.47 Å². The van der Waals surface area contributed by atoms with Crippen molar-refractivity contribution in [2.45, 2.75) is 57.6 Å². The van der Waals surface area contributed by atoms with Gasteiger partial charge in [0.05, 0.1) is 19.0 Å². The van der Waals surface area contributed by atoms with Crippen LogP contribution in [0.5, 0.6) is 5.75 Å². The van der Waals surface area contributed by atoms with Gasteiger partial charge in [-0.2, -0.15) is 18.6 Å². The fourth-order valence-corrected chi connectivity index (χ4v) is 6.59. The molecular weight excluding hydrogens is 647 g/mol. The van der Waals surface area contributed by atoms with Crippen LogP contribution in [-0.4, -0.2) is 60.0 Å². The average Bonchev–Trinajstić information content (AvgIpc) is 3.51. The summed E-state index contributed by atoms with van der Waals surface area (Å²) in [5.74, 6) is -0.283. The summed E-state index contributed by atoms with van der Waals surface area (Å²) in [6, 6.07) is 29.6. The van der Waals surface area contributed by atoms with Gasteiger partial charge in [-0.05, 0) is 22.7 Å². The van der Waals surface area contributed by atoms with Crippen LogP contribution in [-0.2, 0) is 38.9 Å². The maximum Gasteiger partial charge on any atom is 0.264 e. The van der Waals surface area contributed by atoms with Crippen LogP contribution in [0.3, 0.4) is 0 Å². The summed E-state index contributed by atoms with van der Waals surface area (Å²) in [7, 11) is -5.25. The van der Waals surface area contributed by atoms with E-state index in [0.29, 0.717) is 6.61 Å². The van der Waals surface area contributed by atoms with E-state index in [0.717, 1.165) is 29.0 Å². The first kappa shape index (κ1) is 34.9. The van der Waals surface area contributed by atoms with Crippen LogP contribution in [0.25, 0.3) is 11.5 Å². The lowest BCUT2D eigenvalue weighted by atomic mass is 9.86. The van der Waals surface area contributed by atoms with Gasteiger partial charge in [0, 0.05) is 20.6 Å².